The van der Waals surface area contributed by atoms with Crippen molar-refractivity contribution in [1.29, 1.82) is 0 Å². The lowest BCUT2D eigenvalue weighted by molar-refractivity contribution is 0.0903. The van der Waals surface area contributed by atoms with Crippen LogP contribution in [-0.2, 0) is 13.0 Å². The molecule has 27 heavy (non-hydrogen) atoms. The fraction of sp³-hybridized carbons (Fsp3) is 0.500. The van der Waals surface area contributed by atoms with Crippen LogP contribution in [-0.4, -0.2) is 44.9 Å². The topological polar surface area (TPSA) is 97.0 Å². The van der Waals surface area contributed by atoms with Crippen LogP contribution in [0.25, 0.3) is 0 Å². The van der Waals surface area contributed by atoms with E-state index in [0.717, 1.165) is 44.6 Å². The highest BCUT2D eigenvalue weighted by Crippen LogP contribution is 2.15. The average molecular weight is 368 g/mol. The molecule has 1 aliphatic heterocycles. The zero-order valence-electron chi connectivity index (χ0n) is 16.1. The summed E-state index contributed by atoms with van der Waals surface area (Å²) in [5.74, 6) is 0.434. The molecule has 1 fully saturated rings. The van der Waals surface area contributed by atoms with E-state index in [2.05, 4.69) is 45.1 Å². The number of nitrogens with two attached hydrogens (primary N) is 1. The molecule has 3 N–H and O–H groups in total. The Morgan fingerprint density at radius 3 is 2.78 bits per heavy atom. The minimum absolute atomic E-state index is 0.157. The molecule has 0 unspecified atom stereocenters. The molecule has 7 nitrogen and oxygen atoms in total. The summed E-state index contributed by atoms with van der Waals surface area (Å²) in [6.45, 7) is 7.01. The number of nitrogens with zero attached hydrogens (tertiary/aromatic N) is 4. The number of piperidine rings is 1. The summed E-state index contributed by atoms with van der Waals surface area (Å²) < 4.78 is 0. The number of amides is 1. The molecule has 0 aliphatic carbocycles. The maximum atomic E-state index is 12.6. The Morgan fingerprint density at radius 2 is 2.11 bits per heavy atom. The van der Waals surface area contributed by atoms with E-state index in [1.165, 1.54) is 5.56 Å². The van der Waals surface area contributed by atoms with Crippen molar-refractivity contribution in [2.45, 2.75) is 45.7 Å². The number of likely N-dealkylation sites (tertiary alicyclic amines) is 1. The van der Waals surface area contributed by atoms with Crippen molar-refractivity contribution < 1.29 is 4.79 Å². The zero-order chi connectivity index (χ0) is 19.2. The predicted molar refractivity (Wildman–Crippen MR) is 105 cm³/mol. The second kappa shape index (κ2) is 8.90. The fourth-order valence-electron chi connectivity index (χ4n) is 3.40. The molecule has 2 aromatic heterocycles. The van der Waals surface area contributed by atoms with E-state index in [4.69, 9.17) is 5.73 Å². The van der Waals surface area contributed by atoms with Crippen LogP contribution >= 0.6 is 0 Å². The van der Waals surface area contributed by atoms with Gasteiger partial charge in [0.15, 0.2) is 0 Å². The number of hydrogen-bond donors (Lipinski definition) is 2. The number of aromatic nitrogens is 3. The maximum absolute atomic E-state index is 12.6. The first-order valence-electron chi connectivity index (χ1n) is 9.55. The molecule has 0 atom stereocenters. The lowest BCUT2D eigenvalue weighted by atomic mass is 10.0. The van der Waals surface area contributed by atoms with Gasteiger partial charge in [0.2, 0.25) is 5.95 Å². The summed E-state index contributed by atoms with van der Waals surface area (Å²) in [7, 11) is 0. The number of hydrogen-bond acceptors (Lipinski definition) is 6. The Balaban J connectivity index is 1.53. The molecular weight excluding hydrogens is 340 g/mol. The first kappa shape index (κ1) is 19.2. The number of pyridine rings is 1. The second-order valence-corrected chi connectivity index (χ2v) is 7.59. The van der Waals surface area contributed by atoms with Gasteiger partial charge in [-0.05, 0) is 42.9 Å². The second-order valence-electron chi connectivity index (χ2n) is 7.59. The van der Waals surface area contributed by atoms with Gasteiger partial charge in [-0.2, -0.15) is 0 Å². The Morgan fingerprint density at radius 1 is 1.33 bits per heavy atom. The molecule has 0 radical (unpaired) electrons. The number of anilines is 1. The SMILES string of the molecule is CC(C)Cc1cc(C(=O)NC2CCN(Cc3cccnc3)CC2)nc(N)n1. The highest BCUT2D eigenvalue weighted by molar-refractivity contribution is 5.92. The molecule has 1 saturated heterocycles. The van der Waals surface area contributed by atoms with Crippen molar-refractivity contribution in [3.63, 3.8) is 0 Å². The van der Waals surface area contributed by atoms with E-state index in [9.17, 15) is 4.79 Å². The normalized spacial score (nSPS) is 15.8. The number of carbonyl (C=O) groups is 1. The van der Waals surface area contributed by atoms with Crippen LogP contribution in [0.3, 0.4) is 0 Å². The summed E-state index contributed by atoms with van der Waals surface area (Å²) in [5, 5.41) is 3.10. The highest BCUT2D eigenvalue weighted by Gasteiger charge is 2.22. The van der Waals surface area contributed by atoms with Crippen molar-refractivity contribution in [3.8, 4) is 0 Å². The quantitative estimate of drug-likeness (QED) is 0.810. The Labute approximate surface area is 160 Å². The molecule has 144 valence electrons. The number of nitrogen functional groups attached to an aromatic ring is 1. The first-order valence-corrected chi connectivity index (χ1v) is 9.55. The van der Waals surface area contributed by atoms with Gasteiger partial charge in [-0.25, -0.2) is 9.97 Å². The number of carbonyl (C=O) groups excluding carboxylic acids is 1. The molecule has 0 bridgehead atoms. The van der Waals surface area contributed by atoms with Crippen molar-refractivity contribution in [2.75, 3.05) is 18.8 Å². The van der Waals surface area contributed by atoms with Crippen LogP contribution in [0.1, 0.15) is 48.4 Å². The molecule has 1 amide bonds. The summed E-state index contributed by atoms with van der Waals surface area (Å²) in [6, 6.07) is 5.97. The summed E-state index contributed by atoms with van der Waals surface area (Å²) in [5.41, 5.74) is 8.17. The van der Waals surface area contributed by atoms with Gasteiger partial charge in [-0.3, -0.25) is 14.7 Å². The van der Waals surface area contributed by atoms with E-state index in [1.54, 1.807) is 12.3 Å². The van der Waals surface area contributed by atoms with E-state index in [1.807, 2.05) is 12.3 Å². The zero-order valence-corrected chi connectivity index (χ0v) is 16.1. The van der Waals surface area contributed by atoms with Crippen molar-refractivity contribution in [3.05, 3.63) is 47.5 Å². The van der Waals surface area contributed by atoms with Gasteiger partial charge >= 0.3 is 0 Å². The third kappa shape index (κ3) is 5.72. The molecule has 0 saturated carbocycles. The largest absolute Gasteiger partial charge is 0.368 e. The van der Waals surface area contributed by atoms with Crippen LogP contribution in [0.5, 0.6) is 0 Å². The van der Waals surface area contributed by atoms with Crippen LogP contribution in [0, 0.1) is 5.92 Å². The summed E-state index contributed by atoms with van der Waals surface area (Å²) in [4.78, 5) is 27.5. The minimum Gasteiger partial charge on any atom is -0.368 e. The molecule has 1 aliphatic rings. The van der Waals surface area contributed by atoms with Crippen molar-refractivity contribution in [1.82, 2.24) is 25.2 Å². The molecule has 0 aromatic carbocycles. The molecule has 7 heteroatoms. The van der Waals surface area contributed by atoms with Gasteiger partial charge in [0.05, 0.1) is 0 Å². The van der Waals surface area contributed by atoms with E-state index >= 15 is 0 Å². The smallest absolute Gasteiger partial charge is 0.270 e. The van der Waals surface area contributed by atoms with Gasteiger partial charge < -0.3 is 11.1 Å². The average Bonchev–Trinajstić information content (AvgIpc) is 2.63. The predicted octanol–water partition coefficient (Wildman–Crippen LogP) is 2.05. The summed E-state index contributed by atoms with van der Waals surface area (Å²) in [6.07, 6.45) is 6.32. The monoisotopic (exact) mass is 368 g/mol. The van der Waals surface area contributed by atoms with E-state index < -0.39 is 0 Å². The molecular formula is C20H28N6O. The first-order chi connectivity index (χ1) is 13.0. The number of rotatable bonds is 6. The Hall–Kier alpha value is -2.54. The van der Waals surface area contributed by atoms with Crippen molar-refractivity contribution in [2.24, 2.45) is 5.92 Å². The minimum atomic E-state index is -0.167. The standard InChI is InChI=1S/C20H28N6O/c1-14(2)10-17-11-18(25-20(21)24-17)19(27)23-16-5-8-26(9-6-16)13-15-4-3-7-22-12-15/h3-4,7,11-12,14,16H,5-6,8-10,13H2,1-2H3,(H,23,27)(H2,21,24,25). The van der Waals surface area contributed by atoms with E-state index in [-0.39, 0.29) is 17.9 Å². The van der Waals surface area contributed by atoms with Gasteiger partial charge in [0.25, 0.3) is 5.91 Å². The van der Waals surface area contributed by atoms with Crippen LogP contribution in [0.4, 0.5) is 5.95 Å². The molecule has 0 spiro atoms. The fourth-order valence-corrected chi connectivity index (χ4v) is 3.40. The van der Waals surface area contributed by atoms with Gasteiger partial charge in [0, 0.05) is 43.8 Å². The van der Waals surface area contributed by atoms with Gasteiger partial charge in [0.1, 0.15) is 5.69 Å². The molecule has 2 aromatic rings. The highest BCUT2D eigenvalue weighted by atomic mass is 16.1. The van der Waals surface area contributed by atoms with Gasteiger partial charge in [-0.1, -0.05) is 19.9 Å². The Kier molecular flexibility index (Phi) is 6.34. The third-order valence-electron chi connectivity index (χ3n) is 4.70. The Bertz CT molecular complexity index is 756. The van der Waals surface area contributed by atoms with Crippen molar-refractivity contribution >= 4 is 11.9 Å². The molecule has 3 heterocycles. The van der Waals surface area contributed by atoms with E-state index in [0.29, 0.717) is 11.6 Å². The van der Waals surface area contributed by atoms with Crippen LogP contribution < -0.4 is 11.1 Å². The molecule has 3 rings (SSSR count). The van der Waals surface area contributed by atoms with Crippen LogP contribution in [0.15, 0.2) is 30.6 Å². The van der Waals surface area contributed by atoms with Crippen LogP contribution in [0.2, 0.25) is 0 Å². The lowest BCUT2D eigenvalue weighted by Gasteiger charge is -2.32. The number of nitrogens with one attached hydrogen (secondary N) is 1. The lowest BCUT2D eigenvalue weighted by Crippen LogP contribution is -2.44. The summed E-state index contributed by atoms with van der Waals surface area (Å²) >= 11 is 0. The maximum Gasteiger partial charge on any atom is 0.270 e. The third-order valence-corrected chi connectivity index (χ3v) is 4.70. The van der Waals surface area contributed by atoms with Gasteiger partial charge in [-0.15, -0.1) is 0 Å².